The van der Waals surface area contributed by atoms with E-state index in [0.717, 1.165) is 43.1 Å². The predicted molar refractivity (Wildman–Crippen MR) is 182 cm³/mol. The zero-order valence-electron chi connectivity index (χ0n) is 26.9. The molecule has 4 heterocycles. The highest BCUT2D eigenvalue weighted by atomic mass is 32.2. The van der Waals surface area contributed by atoms with Crippen LogP contribution in [0.5, 0.6) is 5.75 Å². The van der Waals surface area contributed by atoms with E-state index in [0.29, 0.717) is 58.3 Å². The van der Waals surface area contributed by atoms with Crippen LogP contribution in [0.1, 0.15) is 52.9 Å². The van der Waals surface area contributed by atoms with Crippen LogP contribution in [0.25, 0.3) is 22.0 Å². The van der Waals surface area contributed by atoms with Gasteiger partial charge < -0.3 is 19.5 Å². The summed E-state index contributed by atoms with van der Waals surface area (Å²) < 4.78 is 34.3. The zero-order chi connectivity index (χ0) is 32.8. The summed E-state index contributed by atoms with van der Waals surface area (Å²) in [7, 11) is -0.188. The Kier molecular flexibility index (Phi) is 8.41. The van der Waals surface area contributed by atoms with Crippen molar-refractivity contribution >= 4 is 32.5 Å². The van der Waals surface area contributed by atoms with Crippen LogP contribution >= 0.6 is 0 Å². The van der Waals surface area contributed by atoms with Crippen molar-refractivity contribution in [1.82, 2.24) is 18.8 Å². The number of aromatic amines is 1. The number of aryl methyl sites for hydroxylation is 2. The number of anilines is 1. The maximum Gasteiger partial charge on any atom is 0.255 e. The Morgan fingerprint density at radius 1 is 1.11 bits per heavy atom. The van der Waals surface area contributed by atoms with Crippen LogP contribution in [0.4, 0.5) is 5.82 Å². The van der Waals surface area contributed by atoms with Gasteiger partial charge in [0.1, 0.15) is 11.6 Å². The lowest BCUT2D eigenvalue weighted by atomic mass is 9.94. The molecule has 1 aliphatic heterocycles. The Morgan fingerprint density at radius 3 is 2.52 bits per heavy atom. The summed E-state index contributed by atoms with van der Waals surface area (Å²) in [5, 5.41) is 0.602. The fourth-order valence-electron chi connectivity index (χ4n) is 6.57. The van der Waals surface area contributed by atoms with Gasteiger partial charge in [-0.2, -0.15) is 0 Å². The molecule has 0 amide bonds. The number of nitrogens with one attached hydrogen (secondary N) is 1. The van der Waals surface area contributed by atoms with Gasteiger partial charge in [0.2, 0.25) is 10.0 Å². The number of ether oxygens (including phenoxy) is 1. The standard InChI is InChI=1S/C35H41N5O5S/c1-6-10-35(11-12-35)46(43,44)40-22-23(2)33-28(30(41)8-7-27-31(45-5)18-24(3)37-34(27)42)19-26(20-29(33)40)25-9-13-36-32(21-25)39-16-14-38(4)15-17-39/h6,9,13,18-22H,1,7-8,10-12,14-17H2,2-5H3,(H,37,42). The number of benzene rings is 1. The molecule has 46 heavy (non-hydrogen) atoms. The SMILES string of the molecule is C=CCC1(S(=O)(=O)n2cc(C)c3c(C(=O)CCc4c(OC)cc(C)[nH]c4=O)cc(-c4ccnc(N5CCN(C)CC5)c4)cc32)CC1. The van der Waals surface area contributed by atoms with Crippen LogP contribution in [0.2, 0.25) is 0 Å². The van der Waals surface area contributed by atoms with Crippen LogP contribution < -0.4 is 15.2 Å². The van der Waals surface area contributed by atoms with Gasteiger partial charge in [-0.15, -0.1) is 6.58 Å². The third-order valence-corrected chi connectivity index (χ3v) is 11.9. The minimum Gasteiger partial charge on any atom is -0.496 e. The normalized spacial score (nSPS) is 16.5. The number of ketones is 1. The first-order valence-corrected chi connectivity index (χ1v) is 17.1. The summed E-state index contributed by atoms with van der Waals surface area (Å²) in [5.74, 6) is 1.09. The third kappa shape index (κ3) is 5.66. The van der Waals surface area contributed by atoms with Crippen molar-refractivity contribution < 1.29 is 17.9 Å². The number of piperazine rings is 1. The van der Waals surface area contributed by atoms with Crippen LogP contribution in [-0.4, -0.2) is 78.1 Å². The highest BCUT2D eigenvalue weighted by Crippen LogP contribution is 2.49. The van der Waals surface area contributed by atoms with Gasteiger partial charge in [-0.25, -0.2) is 17.4 Å². The number of fused-ring (bicyclic) bond motifs is 1. The number of rotatable bonds is 11. The maximum absolute atomic E-state index is 14.2. The number of hydrogen-bond donors (Lipinski definition) is 1. The van der Waals surface area contributed by atoms with E-state index in [1.807, 2.05) is 31.2 Å². The van der Waals surface area contributed by atoms with Crippen molar-refractivity contribution in [2.24, 2.45) is 0 Å². The summed E-state index contributed by atoms with van der Waals surface area (Å²) in [6.45, 7) is 11.0. The van der Waals surface area contributed by atoms with Crippen molar-refractivity contribution in [3.63, 3.8) is 0 Å². The lowest BCUT2D eigenvalue weighted by Gasteiger charge is -2.33. The molecule has 0 unspecified atom stereocenters. The summed E-state index contributed by atoms with van der Waals surface area (Å²) in [4.78, 5) is 38.8. The maximum atomic E-state index is 14.2. The number of likely N-dealkylation sites (N-methyl/N-ethyl adjacent to an activating group) is 1. The number of Topliss-reactive ketones (excluding diaryl/α,β-unsaturated/α-hetero) is 1. The highest BCUT2D eigenvalue weighted by molar-refractivity contribution is 7.91. The minimum absolute atomic E-state index is 0.0434. The molecule has 1 aromatic carbocycles. The molecule has 4 aromatic rings. The van der Waals surface area contributed by atoms with Gasteiger partial charge in [-0.1, -0.05) is 6.08 Å². The van der Waals surface area contributed by atoms with Gasteiger partial charge in [0, 0.05) is 61.6 Å². The molecular formula is C35H41N5O5S. The van der Waals surface area contributed by atoms with E-state index in [1.165, 1.54) is 11.1 Å². The van der Waals surface area contributed by atoms with Gasteiger partial charge in [-0.05, 0) is 93.6 Å². The topological polar surface area (TPSA) is 118 Å². The summed E-state index contributed by atoms with van der Waals surface area (Å²) in [5.41, 5.74) is 3.93. The lowest BCUT2D eigenvalue weighted by Crippen LogP contribution is -2.44. The van der Waals surface area contributed by atoms with Crippen molar-refractivity contribution in [3.05, 3.63) is 88.1 Å². The second-order valence-corrected chi connectivity index (χ2v) is 14.9. The first-order chi connectivity index (χ1) is 22.0. The molecule has 1 aliphatic carbocycles. The van der Waals surface area contributed by atoms with Crippen molar-refractivity contribution in [1.29, 1.82) is 0 Å². The summed E-state index contributed by atoms with van der Waals surface area (Å²) >= 11 is 0. The van der Waals surface area contributed by atoms with Crippen molar-refractivity contribution in [2.75, 3.05) is 45.2 Å². The largest absolute Gasteiger partial charge is 0.496 e. The summed E-state index contributed by atoms with van der Waals surface area (Å²) in [6.07, 6.45) is 6.78. The Bertz CT molecular complexity index is 2000. The average molecular weight is 644 g/mol. The molecular weight excluding hydrogens is 602 g/mol. The number of pyridine rings is 2. The lowest BCUT2D eigenvalue weighted by molar-refractivity contribution is 0.0984. The number of aromatic nitrogens is 3. The van der Waals surface area contributed by atoms with Gasteiger partial charge in [0.15, 0.2) is 5.78 Å². The second-order valence-electron chi connectivity index (χ2n) is 12.7. The first kappa shape index (κ1) is 31.7. The van der Waals surface area contributed by atoms with Gasteiger partial charge >= 0.3 is 0 Å². The van der Waals surface area contributed by atoms with E-state index in [1.54, 1.807) is 31.5 Å². The van der Waals surface area contributed by atoms with Crippen LogP contribution in [0.15, 0.2) is 60.2 Å². The fourth-order valence-corrected chi connectivity index (χ4v) is 8.64. The van der Waals surface area contributed by atoms with E-state index in [2.05, 4.69) is 33.4 Å². The van der Waals surface area contributed by atoms with E-state index in [-0.39, 0.29) is 24.2 Å². The van der Waals surface area contributed by atoms with Gasteiger partial charge in [-0.3, -0.25) is 9.59 Å². The Morgan fingerprint density at radius 2 is 1.85 bits per heavy atom. The molecule has 6 rings (SSSR count). The van der Waals surface area contributed by atoms with Crippen LogP contribution in [0, 0.1) is 13.8 Å². The highest BCUT2D eigenvalue weighted by Gasteiger charge is 2.54. The molecule has 0 radical (unpaired) electrons. The predicted octanol–water partition coefficient (Wildman–Crippen LogP) is 4.87. The van der Waals surface area contributed by atoms with Crippen LogP contribution in [-0.2, 0) is 16.4 Å². The first-order valence-electron chi connectivity index (χ1n) is 15.7. The number of H-pyrrole nitrogens is 1. The average Bonchev–Trinajstić information content (AvgIpc) is 3.76. The second kappa shape index (κ2) is 12.2. The van der Waals surface area contributed by atoms with E-state index >= 15 is 0 Å². The number of carbonyl (C=O) groups is 1. The smallest absolute Gasteiger partial charge is 0.255 e. The zero-order valence-corrected chi connectivity index (χ0v) is 27.7. The molecule has 10 nitrogen and oxygen atoms in total. The van der Waals surface area contributed by atoms with E-state index < -0.39 is 14.8 Å². The number of hydrogen-bond acceptors (Lipinski definition) is 8. The molecule has 2 fully saturated rings. The molecule has 0 bridgehead atoms. The molecule has 2 aliphatic rings. The number of carbonyl (C=O) groups excluding carboxylic acids is 1. The Hall–Kier alpha value is -4.22. The number of allylic oxidation sites excluding steroid dienone is 1. The Labute approximate surface area is 269 Å². The van der Waals surface area contributed by atoms with Crippen molar-refractivity contribution in [3.8, 4) is 16.9 Å². The quantitative estimate of drug-likeness (QED) is 0.182. The molecule has 1 saturated carbocycles. The van der Waals surface area contributed by atoms with Gasteiger partial charge in [0.05, 0.1) is 22.9 Å². The van der Waals surface area contributed by atoms with Gasteiger partial charge in [0.25, 0.3) is 5.56 Å². The fraction of sp³-hybridized carbons (Fsp3) is 0.400. The molecule has 0 atom stereocenters. The Balaban J connectivity index is 1.47. The number of methoxy groups -OCH3 is 1. The molecule has 0 spiro atoms. The molecule has 1 N–H and O–H groups in total. The van der Waals surface area contributed by atoms with Crippen molar-refractivity contribution in [2.45, 2.75) is 50.7 Å². The van der Waals surface area contributed by atoms with E-state index in [9.17, 15) is 18.0 Å². The molecule has 242 valence electrons. The monoisotopic (exact) mass is 643 g/mol. The number of nitrogens with zero attached hydrogens (tertiary/aromatic N) is 4. The molecule has 11 heteroatoms. The third-order valence-electron chi connectivity index (χ3n) is 9.45. The molecule has 3 aromatic heterocycles. The summed E-state index contributed by atoms with van der Waals surface area (Å²) in [6, 6.07) is 9.36. The van der Waals surface area contributed by atoms with E-state index in [4.69, 9.17) is 4.74 Å². The molecule has 1 saturated heterocycles. The van der Waals surface area contributed by atoms with Crippen LogP contribution in [0.3, 0.4) is 0 Å². The minimum atomic E-state index is -3.79.